The van der Waals surface area contributed by atoms with Gasteiger partial charge in [-0.05, 0) is 67.6 Å². The van der Waals surface area contributed by atoms with Crippen molar-refractivity contribution in [2.75, 3.05) is 24.3 Å². The molecule has 0 aliphatic carbocycles. The van der Waals surface area contributed by atoms with Gasteiger partial charge >= 0.3 is 0 Å². The second-order valence-corrected chi connectivity index (χ2v) is 10.1. The number of carbonyl (C=O) groups is 2. The van der Waals surface area contributed by atoms with Crippen LogP contribution in [0.15, 0.2) is 41.3 Å². The highest BCUT2D eigenvalue weighted by Crippen LogP contribution is 2.32. The van der Waals surface area contributed by atoms with Crippen LogP contribution in [0.4, 0.5) is 11.4 Å². The second kappa shape index (κ2) is 9.09. The van der Waals surface area contributed by atoms with E-state index in [1.165, 1.54) is 17.5 Å². The number of fused-ring (bicyclic) bond motifs is 1. The summed E-state index contributed by atoms with van der Waals surface area (Å²) < 4.78 is 33.2. The molecule has 0 saturated carbocycles. The smallest absolute Gasteiger partial charge is 0.243 e. The van der Waals surface area contributed by atoms with Crippen LogP contribution in [0.1, 0.15) is 31.2 Å². The van der Waals surface area contributed by atoms with Crippen LogP contribution in [0.5, 0.6) is 5.75 Å². The summed E-state index contributed by atoms with van der Waals surface area (Å²) in [5.74, 6) is -0.00209. The van der Waals surface area contributed by atoms with Gasteiger partial charge in [-0.2, -0.15) is 4.31 Å². The Bertz CT molecular complexity index is 1170. The van der Waals surface area contributed by atoms with Crippen LogP contribution in [0.2, 0.25) is 5.02 Å². The SMILES string of the molecule is COc1ccc(NC(=O)[C@H]2CCCN2S(=O)(=O)c2ccc3c(c2)CCCC(=O)N3)cc1Cl. The Morgan fingerprint density at radius 1 is 1.19 bits per heavy atom. The largest absolute Gasteiger partial charge is 0.495 e. The van der Waals surface area contributed by atoms with Crippen molar-refractivity contribution in [1.29, 1.82) is 0 Å². The molecule has 2 aliphatic rings. The summed E-state index contributed by atoms with van der Waals surface area (Å²) in [5, 5.41) is 5.91. The van der Waals surface area contributed by atoms with Crippen molar-refractivity contribution < 1.29 is 22.7 Å². The third-order valence-corrected chi connectivity index (χ3v) is 7.93. The van der Waals surface area contributed by atoms with Crippen LogP contribution >= 0.6 is 11.6 Å². The molecule has 2 N–H and O–H groups in total. The van der Waals surface area contributed by atoms with E-state index in [1.54, 1.807) is 30.3 Å². The van der Waals surface area contributed by atoms with Gasteiger partial charge in [-0.3, -0.25) is 9.59 Å². The summed E-state index contributed by atoms with van der Waals surface area (Å²) in [4.78, 5) is 24.8. The maximum absolute atomic E-state index is 13.4. The fraction of sp³-hybridized carbons (Fsp3) is 0.364. The third kappa shape index (κ3) is 4.46. The molecule has 0 aromatic heterocycles. The average Bonchev–Trinajstić information content (AvgIpc) is 3.18. The van der Waals surface area contributed by atoms with Crippen molar-refractivity contribution in [2.24, 2.45) is 0 Å². The second-order valence-electron chi connectivity index (χ2n) is 7.83. The molecule has 170 valence electrons. The van der Waals surface area contributed by atoms with Gasteiger partial charge in [0, 0.05) is 24.3 Å². The number of benzene rings is 2. The van der Waals surface area contributed by atoms with Crippen LogP contribution in [-0.4, -0.2) is 44.2 Å². The third-order valence-electron chi connectivity index (χ3n) is 5.73. The van der Waals surface area contributed by atoms with Crippen molar-refractivity contribution in [2.45, 2.75) is 43.0 Å². The highest BCUT2D eigenvalue weighted by atomic mass is 35.5. The van der Waals surface area contributed by atoms with E-state index in [0.717, 1.165) is 5.56 Å². The molecule has 32 heavy (non-hydrogen) atoms. The van der Waals surface area contributed by atoms with E-state index in [2.05, 4.69) is 10.6 Å². The van der Waals surface area contributed by atoms with E-state index in [9.17, 15) is 18.0 Å². The van der Waals surface area contributed by atoms with Crippen molar-refractivity contribution in [3.8, 4) is 5.75 Å². The molecule has 0 unspecified atom stereocenters. The predicted molar refractivity (Wildman–Crippen MR) is 122 cm³/mol. The van der Waals surface area contributed by atoms with Gasteiger partial charge in [0.05, 0.1) is 17.0 Å². The number of hydrogen-bond donors (Lipinski definition) is 2. The lowest BCUT2D eigenvalue weighted by atomic mass is 10.1. The Morgan fingerprint density at radius 3 is 2.75 bits per heavy atom. The maximum Gasteiger partial charge on any atom is 0.243 e. The van der Waals surface area contributed by atoms with E-state index in [1.807, 2.05) is 0 Å². The van der Waals surface area contributed by atoms with Crippen LogP contribution in [0.3, 0.4) is 0 Å². The van der Waals surface area contributed by atoms with E-state index in [4.69, 9.17) is 16.3 Å². The first-order valence-electron chi connectivity index (χ1n) is 10.4. The molecule has 2 amide bonds. The number of halogens is 1. The first kappa shape index (κ1) is 22.6. The van der Waals surface area contributed by atoms with E-state index in [-0.39, 0.29) is 17.3 Å². The summed E-state index contributed by atoms with van der Waals surface area (Å²) in [6.07, 6.45) is 2.68. The fourth-order valence-electron chi connectivity index (χ4n) is 4.11. The number of anilines is 2. The standard InChI is InChI=1S/C22H24ClN3O5S/c1-31-20-10-7-15(13-17(20)23)24-22(28)19-5-3-11-26(19)32(29,30)16-8-9-18-14(12-16)4-2-6-21(27)25-18/h7-10,12-13,19H,2-6,11H2,1H3,(H,24,28)(H,25,27)/t19-/m1/s1. The van der Waals surface area contributed by atoms with E-state index >= 15 is 0 Å². The van der Waals surface area contributed by atoms with Gasteiger partial charge in [0.25, 0.3) is 0 Å². The lowest BCUT2D eigenvalue weighted by molar-refractivity contribution is -0.119. The number of nitrogens with zero attached hydrogens (tertiary/aromatic N) is 1. The summed E-state index contributed by atoms with van der Waals surface area (Å²) in [6, 6.07) is 8.73. The number of nitrogens with one attached hydrogen (secondary N) is 2. The predicted octanol–water partition coefficient (Wildman–Crippen LogP) is 3.42. The number of carbonyl (C=O) groups excluding carboxylic acids is 2. The lowest BCUT2D eigenvalue weighted by Crippen LogP contribution is -2.43. The molecule has 0 bridgehead atoms. The highest BCUT2D eigenvalue weighted by molar-refractivity contribution is 7.89. The van der Waals surface area contributed by atoms with Gasteiger partial charge in [0.2, 0.25) is 21.8 Å². The van der Waals surface area contributed by atoms with Gasteiger partial charge in [-0.25, -0.2) is 8.42 Å². The van der Waals surface area contributed by atoms with Crippen molar-refractivity contribution in [3.05, 3.63) is 47.0 Å². The van der Waals surface area contributed by atoms with Crippen LogP contribution in [-0.2, 0) is 26.0 Å². The van der Waals surface area contributed by atoms with Gasteiger partial charge in [-0.15, -0.1) is 0 Å². The zero-order valence-electron chi connectivity index (χ0n) is 17.6. The Kier molecular flexibility index (Phi) is 6.41. The maximum atomic E-state index is 13.4. The molecule has 2 aromatic carbocycles. The first-order valence-corrected chi connectivity index (χ1v) is 12.2. The molecule has 2 aromatic rings. The number of methoxy groups -OCH3 is 1. The van der Waals surface area contributed by atoms with Gasteiger partial charge < -0.3 is 15.4 Å². The molecule has 1 saturated heterocycles. The molecule has 2 heterocycles. The lowest BCUT2D eigenvalue weighted by Gasteiger charge is -2.24. The van der Waals surface area contributed by atoms with Gasteiger partial charge in [0.1, 0.15) is 11.8 Å². The van der Waals surface area contributed by atoms with Crippen molar-refractivity contribution >= 4 is 44.8 Å². The average molecular weight is 478 g/mol. The Balaban J connectivity index is 1.56. The Hall–Kier alpha value is -2.62. The van der Waals surface area contributed by atoms with Gasteiger partial charge in [-0.1, -0.05) is 11.6 Å². The minimum Gasteiger partial charge on any atom is -0.495 e. The summed E-state index contributed by atoms with van der Waals surface area (Å²) in [6.45, 7) is 0.262. The minimum atomic E-state index is -3.89. The molecular weight excluding hydrogens is 454 g/mol. The molecular formula is C22H24ClN3O5S. The molecule has 2 aliphatic heterocycles. The minimum absolute atomic E-state index is 0.0747. The van der Waals surface area contributed by atoms with E-state index < -0.39 is 22.0 Å². The van der Waals surface area contributed by atoms with Crippen LogP contribution in [0, 0.1) is 0 Å². The molecule has 0 radical (unpaired) electrons. The summed E-state index contributed by atoms with van der Waals surface area (Å²) >= 11 is 6.12. The number of aryl methyl sites for hydroxylation is 1. The monoisotopic (exact) mass is 477 g/mol. The quantitative estimate of drug-likeness (QED) is 0.686. The number of amides is 2. The summed E-state index contributed by atoms with van der Waals surface area (Å²) in [7, 11) is -2.39. The zero-order valence-corrected chi connectivity index (χ0v) is 19.1. The molecule has 8 nitrogen and oxygen atoms in total. The van der Waals surface area contributed by atoms with Gasteiger partial charge in [0.15, 0.2) is 0 Å². The summed E-state index contributed by atoms with van der Waals surface area (Å²) in [5.41, 5.74) is 1.88. The zero-order chi connectivity index (χ0) is 22.9. The van der Waals surface area contributed by atoms with E-state index in [0.29, 0.717) is 54.3 Å². The first-order chi connectivity index (χ1) is 15.3. The number of sulfonamides is 1. The Morgan fingerprint density at radius 2 is 2.00 bits per heavy atom. The normalized spacial score (nSPS) is 19.1. The molecule has 4 rings (SSSR count). The van der Waals surface area contributed by atoms with Crippen molar-refractivity contribution in [3.63, 3.8) is 0 Å². The van der Waals surface area contributed by atoms with Crippen LogP contribution < -0.4 is 15.4 Å². The molecule has 1 fully saturated rings. The molecule has 1 atom stereocenters. The topological polar surface area (TPSA) is 105 Å². The van der Waals surface area contributed by atoms with Crippen molar-refractivity contribution in [1.82, 2.24) is 4.31 Å². The fourth-order valence-corrected chi connectivity index (χ4v) is 6.07. The number of ether oxygens (including phenoxy) is 1. The number of hydrogen-bond acceptors (Lipinski definition) is 5. The van der Waals surface area contributed by atoms with Crippen LogP contribution in [0.25, 0.3) is 0 Å². The highest BCUT2D eigenvalue weighted by Gasteiger charge is 2.39. The Labute approximate surface area is 191 Å². The molecule has 0 spiro atoms. The number of rotatable bonds is 5. The molecule has 10 heteroatoms.